The first-order valence-corrected chi connectivity index (χ1v) is 9.72. The minimum Gasteiger partial charge on any atom is -0.200 e. The van der Waals surface area contributed by atoms with Crippen molar-refractivity contribution in [2.24, 2.45) is 21.8 Å². The zero-order chi connectivity index (χ0) is 17.0. The van der Waals surface area contributed by atoms with E-state index in [-0.39, 0.29) is 10.8 Å². The Bertz CT molecular complexity index is 780. The highest BCUT2D eigenvalue weighted by Crippen LogP contribution is 2.63. The lowest BCUT2D eigenvalue weighted by Crippen LogP contribution is -2.34. The average molecular weight is 334 g/mol. The third-order valence-corrected chi connectivity index (χ3v) is 7.80. The molecular weight excluding hydrogens is 308 g/mol. The van der Waals surface area contributed by atoms with Gasteiger partial charge in [0.2, 0.25) is 0 Å². The lowest BCUT2D eigenvalue weighted by Gasteiger charge is -2.34. The molecule has 0 saturated heterocycles. The zero-order valence-corrected chi connectivity index (χ0v) is 15.4. The molecule has 0 amide bonds. The standard InChI is InChI=1S/C18H26N2O2S/c1-12-6-7-15(13(2)10-12)23(21,22)20-19-16-11-14-8-9-18(16,5)17(14,3)4/h6-7,10,14,20H,8-9,11H2,1-5H3/b19-16-/t14-,18-/m1/s1. The molecule has 0 spiro atoms. The highest BCUT2D eigenvalue weighted by atomic mass is 32.2. The Hall–Kier alpha value is -1.36. The first kappa shape index (κ1) is 16.5. The fraction of sp³-hybridized carbons (Fsp3) is 0.611. The van der Waals surface area contributed by atoms with Crippen LogP contribution in [-0.2, 0) is 10.0 Å². The minimum absolute atomic E-state index is 0.00249. The Morgan fingerprint density at radius 2 is 1.91 bits per heavy atom. The van der Waals surface area contributed by atoms with Crippen LogP contribution >= 0.6 is 0 Å². The number of hydrazone groups is 1. The maximum Gasteiger partial charge on any atom is 0.276 e. The van der Waals surface area contributed by atoms with Crippen LogP contribution in [0.25, 0.3) is 0 Å². The van der Waals surface area contributed by atoms with E-state index in [0.29, 0.717) is 10.8 Å². The predicted molar refractivity (Wildman–Crippen MR) is 92.9 cm³/mol. The van der Waals surface area contributed by atoms with Crippen molar-refractivity contribution in [2.45, 2.75) is 58.8 Å². The molecule has 2 atom stereocenters. The second-order valence-electron chi connectivity index (χ2n) is 7.92. The van der Waals surface area contributed by atoms with E-state index in [9.17, 15) is 8.42 Å². The van der Waals surface area contributed by atoms with Crippen molar-refractivity contribution in [1.82, 2.24) is 4.83 Å². The number of benzene rings is 1. The lowest BCUT2D eigenvalue weighted by atomic mass is 9.70. The Morgan fingerprint density at radius 1 is 1.22 bits per heavy atom. The highest BCUT2D eigenvalue weighted by molar-refractivity contribution is 7.89. The van der Waals surface area contributed by atoms with Crippen LogP contribution in [0, 0.1) is 30.6 Å². The van der Waals surface area contributed by atoms with Crippen molar-refractivity contribution in [3.63, 3.8) is 0 Å². The van der Waals surface area contributed by atoms with Gasteiger partial charge in [0.25, 0.3) is 10.0 Å². The number of fused-ring (bicyclic) bond motifs is 2. The molecule has 4 nitrogen and oxygen atoms in total. The van der Waals surface area contributed by atoms with Gasteiger partial charge in [-0.1, -0.05) is 38.5 Å². The third-order valence-electron chi connectivity index (χ3n) is 6.43. The van der Waals surface area contributed by atoms with Crippen LogP contribution < -0.4 is 4.83 Å². The summed E-state index contributed by atoms with van der Waals surface area (Å²) >= 11 is 0. The zero-order valence-electron chi connectivity index (χ0n) is 14.6. The van der Waals surface area contributed by atoms with Gasteiger partial charge >= 0.3 is 0 Å². The fourth-order valence-electron chi connectivity index (χ4n) is 4.36. The van der Waals surface area contributed by atoms with E-state index in [0.717, 1.165) is 29.7 Å². The Kier molecular flexibility index (Phi) is 3.63. The van der Waals surface area contributed by atoms with Gasteiger partial charge in [0.05, 0.1) is 4.90 Å². The smallest absolute Gasteiger partial charge is 0.200 e. The molecule has 2 aliphatic carbocycles. The van der Waals surface area contributed by atoms with E-state index < -0.39 is 10.0 Å². The van der Waals surface area contributed by atoms with E-state index in [1.165, 1.54) is 6.42 Å². The van der Waals surface area contributed by atoms with Crippen LogP contribution in [0.3, 0.4) is 0 Å². The summed E-state index contributed by atoms with van der Waals surface area (Å²) in [6.07, 6.45) is 3.21. The minimum atomic E-state index is -3.61. The summed E-state index contributed by atoms with van der Waals surface area (Å²) in [6, 6.07) is 5.35. The van der Waals surface area contributed by atoms with Gasteiger partial charge in [-0.2, -0.15) is 13.5 Å². The molecule has 2 bridgehead atoms. The highest BCUT2D eigenvalue weighted by Gasteiger charge is 2.60. The summed E-state index contributed by atoms with van der Waals surface area (Å²) in [6.45, 7) is 10.6. The number of hydrogen-bond acceptors (Lipinski definition) is 3. The molecule has 23 heavy (non-hydrogen) atoms. The van der Waals surface area contributed by atoms with Crippen molar-refractivity contribution in [3.05, 3.63) is 29.3 Å². The summed E-state index contributed by atoms with van der Waals surface area (Å²) in [4.78, 5) is 2.79. The van der Waals surface area contributed by atoms with Crippen LogP contribution in [0.2, 0.25) is 0 Å². The average Bonchev–Trinajstić information content (AvgIpc) is 2.77. The first-order chi connectivity index (χ1) is 10.6. The second kappa shape index (κ2) is 5.07. The fourth-order valence-corrected chi connectivity index (χ4v) is 5.42. The number of aryl methyl sites for hydroxylation is 2. The van der Waals surface area contributed by atoms with E-state index in [1.54, 1.807) is 6.07 Å². The summed E-state index contributed by atoms with van der Waals surface area (Å²) < 4.78 is 25.1. The maximum absolute atomic E-state index is 12.6. The van der Waals surface area contributed by atoms with E-state index in [2.05, 4.69) is 30.7 Å². The van der Waals surface area contributed by atoms with Crippen molar-refractivity contribution in [2.75, 3.05) is 0 Å². The quantitative estimate of drug-likeness (QED) is 0.855. The molecule has 0 unspecified atom stereocenters. The van der Waals surface area contributed by atoms with Gasteiger partial charge in [0.1, 0.15) is 0 Å². The number of hydrogen-bond donors (Lipinski definition) is 1. The van der Waals surface area contributed by atoms with E-state index >= 15 is 0 Å². The largest absolute Gasteiger partial charge is 0.276 e. The van der Waals surface area contributed by atoms with Crippen LogP contribution in [0.1, 0.15) is 51.2 Å². The molecule has 0 aliphatic heterocycles. The molecule has 2 fully saturated rings. The van der Waals surface area contributed by atoms with Crippen molar-refractivity contribution in [3.8, 4) is 0 Å². The van der Waals surface area contributed by atoms with Crippen LogP contribution in [0.4, 0.5) is 0 Å². The molecule has 1 aromatic rings. The molecular formula is C18H26N2O2S. The van der Waals surface area contributed by atoms with Crippen molar-refractivity contribution < 1.29 is 8.42 Å². The van der Waals surface area contributed by atoms with Gasteiger partial charge in [-0.3, -0.25) is 0 Å². The number of nitrogens with zero attached hydrogens (tertiary/aromatic N) is 1. The first-order valence-electron chi connectivity index (χ1n) is 8.24. The molecule has 0 radical (unpaired) electrons. The van der Waals surface area contributed by atoms with Gasteiger partial charge in [-0.15, -0.1) is 0 Å². The molecule has 126 valence electrons. The summed E-state index contributed by atoms with van der Waals surface area (Å²) in [5.74, 6) is 0.608. The summed E-state index contributed by atoms with van der Waals surface area (Å²) in [5.41, 5.74) is 3.00. The van der Waals surface area contributed by atoms with Crippen molar-refractivity contribution >= 4 is 15.7 Å². The van der Waals surface area contributed by atoms with Crippen LogP contribution in [0.15, 0.2) is 28.2 Å². The van der Waals surface area contributed by atoms with Gasteiger partial charge in [-0.25, -0.2) is 4.83 Å². The Morgan fingerprint density at radius 3 is 2.43 bits per heavy atom. The summed E-state index contributed by atoms with van der Waals surface area (Å²) in [7, 11) is -3.61. The Labute approximate surface area is 139 Å². The number of nitrogens with one attached hydrogen (secondary N) is 1. The molecule has 3 rings (SSSR count). The SMILES string of the molecule is Cc1ccc(S(=O)(=O)N/N=C2/C[C@H]3CC[C@@]2(C)C3(C)C)c(C)c1. The normalized spacial score (nSPS) is 30.8. The van der Waals surface area contributed by atoms with Crippen LogP contribution in [-0.4, -0.2) is 14.1 Å². The van der Waals surface area contributed by atoms with Crippen molar-refractivity contribution in [1.29, 1.82) is 0 Å². The monoisotopic (exact) mass is 334 g/mol. The molecule has 5 heteroatoms. The predicted octanol–water partition coefficient (Wildman–Crippen LogP) is 3.78. The Balaban J connectivity index is 1.88. The molecule has 2 aliphatic rings. The molecule has 1 N–H and O–H groups in total. The molecule has 0 heterocycles. The molecule has 1 aromatic carbocycles. The van der Waals surface area contributed by atoms with Gasteiger partial charge in [-0.05, 0) is 56.1 Å². The number of rotatable bonds is 3. The van der Waals surface area contributed by atoms with E-state index in [1.807, 2.05) is 26.0 Å². The lowest BCUT2D eigenvalue weighted by molar-refractivity contribution is 0.193. The van der Waals surface area contributed by atoms with Gasteiger partial charge in [0.15, 0.2) is 0 Å². The summed E-state index contributed by atoms with van der Waals surface area (Å²) in [5, 5.41) is 4.36. The van der Waals surface area contributed by atoms with Gasteiger partial charge in [0, 0.05) is 11.1 Å². The van der Waals surface area contributed by atoms with Gasteiger partial charge < -0.3 is 0 Å². The second-order valence-corrected chi connectivity index (χ2v) is 9.54. The molecule has 0 aromatic heterocycles. The van der Waals surface area contributed by atoms with Crippen LogP contribution in [0.5, 0.6) is 0 Å². The number of sulfonamides is 1. The molecule has 2 saturated carbocycles. The third kappa shape index (κ3) is 2.40. The topological polar surface area (TPSA) is 58.5 Å². The van der Waals surface area contributed by atoms with E-state index in [4.69, 9.17) is 0 Å². The maximum atomic E-state index is 12.6.